The van der Waals surface area contributed by atoms with Crippen LogP contribution in [0.3, 0.4) is 0 Å². The van der Waals surface area contributed by atoms with Gasteiger partial charge in [-0.3, -0.25) is 0 Å². The molecular weight excluding hydrogens is 286 g/mol. The summed E-state index contributed by atoms with van der Waals surface area (Å²) in [6, 6.07) is 6.58. The highest BCUT2D eigenvalue weighted by Crippen LogP contribution is 2.39. The molecule has 21 heavy (non-hydrogen) atoms. The maximum absolute atomic E-state index is 12.6. The van der Waals surface area contributed by atoms with E-state index in [1.807, 2.05) is 0 Å². The lowest BCUT2D eigenvalue weighted by Gasteiger charge is -2.17. The Balaban J connectivity index is 1.79. The Hall–Kier alpha value is -1.35. The van der Waals surface area contributed by atoms with Crippen LogP contribution in [0.4, 0.5) is 0 Å². The van der Waals surface area contributed by atoms with Crippen molar-refractivity contribution in [1.82, 2.24) is 4.31 Å². The summed E-state index contributed by atoms with van der Waals surface area (Å²) in [7, 11) is -3.38. The Labute approximate surface area is 125 Å². The van der Waals surface area contributed by atoms with E-state index in [1.165, 1.54) is 6.42 Å². The molecule has 1 aromatic rings. The van der Waals surface area contributed by atoms with Crippen LogP contribution in [0.5, 0.6) is 0 Å². The number of hydrogen-bond donors (Lipinski definition) is 1. The van der Waals surface area contributed by atoms with Gasteiger partial charge >= 0.3 is 0 Å². The van der Waals surface area contributed by atoms with Crippen LogP contribution in [0, 0.1) is 23.7 Å². The van der Waals surface area contributed by atoms with Gasteiger partial charge in [-0.2, -0.15) is 4.31 Å². The van der Waals surface area contributed by atoms with Gasteiger partial charge in [0, 0.05) is 18.7 Å². The lowest BCUT2D eigenvalue weighted by Crippen LogP contribution is -2.29. The molecule has 1 saturated carbocycles. The van der Waals surface area contributed by atoms with Crippen molar-refractivity contribution in [3.8, 4) is 11.8 Å². The third kappa shape index (κ3) is 2.84. The second-order valence-electron chi connectivity index (χ2n) is 5.76. The third-order valence-corrected chi connectivity index (χ3v) is 6.34. The molecule has 1 N–H and O–H groups in total. The Morgan fingerprint density at radius 3 is 2.33 bits per heavy atom. The van der Waals surface area contributed by atoms with Gasteiger partial charge in [0.2, 0.25) is 10.0 Å². The minimum absolute atomic E-state index is 0.198. The summed E-state index contributed by atoms with van der Waals surface area (Å²) in [5.74, 6) is 6.42. The second kappa shape index (κ2) is 5.80. The molecule has 5 heteroatoms. The molecule has 1 heterocycles. The number of fused-ring (bicyclic) bond motifs is 1. The molecule has 2 atom stereocenters. The lowest BCUT2D eigenvalue weighted by atomic mass is 10.0. The molecule has 1 saturated heterocycles. The van der Waals surface area contributed by atoms with Gasteiger partial charge in [0.15, 0.2) is 0 Å². The van der Waals surface area contributed by atoms with E-state index in [9.17, 15) is 8.42 Å². The molecule has 1 aliphatic carbocycles. The van der Waals surface area contributed by atoms with Gasteiger partial charge in [0.1, 0.15) is 6.61 Å². The molecule has 0 bridgehead atoms. The summed E-state index contributed by atoms with van der Waals surface area (Å²) in [6.45, 7) is 1.13. The highest BCUT2D eigenvalue weighted by atomic mass is 32.2. The first-order chi connectivity index (χ1) is 10.1. The van der Waals surface area contributed by atoms with Crippen LogP contribution in [0.2, 0.25) is 0 Å². The molecule has 1 aliphatic heterocycles. The first-order valence-electron chi connectivity index (χ1n) is 7.31. The van der Waals surface area contributed by atoms with Crippen molar-refractivity contribution < 1.29 is 13.5 Å². The zero-order valence-corrected chi connectivity index (χ0v) is 12.6. The van der Waals surface area contributed by atoms with Gasteiger partial charge in [-0.1, -0.05) is 18.3 Å². The Bertz CT molecular complexity index is 658. The van der Waals surface area contributed by atoms with Gasteiger partial charge < -0.3 is 5.11 Å². The minimum atomic E-state index is -3.38. The van der Waals surface area contributed by atoms with Crippen molar-refractivity contribution in [2.24, 2.45) is 11.8 Å². The highest BCUT2D eigenvalue weighted by Gasteiger charge is 2.41. The second-order valence-corrected chi connectivity index (χ2v) is 7.70. The van der Waals surface area contributed by atoms with Crippen molar-refractivity contribution in [1.29, 1.82) is 0 Å². The number of aliphatic hydroxyl groups is 1. The van der Waals surface area contributed by atoms with E-state index in [4.69, 9.17) is 5.11 Å². The predicted octanol–water partition coefficient (Wildman–Crippen LogP) is 1.45. The van der Waals surface area contributed by atoms with Crippen molar-refractivity contribution in [2.45, 2.75) is 24.2 Å². The Morgan fingerprint density at radius 1 is 1.14 bits per heavy atom. The zero-order valence-electron chi connectivity index (χ0n) is 11.8. The Kier molecular flexibility index (Phi) is 4.03. The summed E-state index contributed by atoms with van der Waals surface area (Å²) in [5.41, 5.74) is 0.710. The maximum Gasteiger partial charge on any atom is 0.243 e. The fraction of sp³-hybridized carbons (Fsp3) is 0.500. The first-order valence-corrected chi connectivity index (χ1v) is 8.75. The van der Waals surface area contributed by atoms with Crippen LogP contribution in [0.15, 0.2) is 29.2 Å². The van der Waals surface area contributed by atoms with E-state index in [0.717, 1.165) is 12.8 Å². The molecule has 0 amide bonds. The van der Waals surface area contributed by atoms with Crippen molar-refractivity contribution in [2.75, 3.05) is 19.7 Å². The quantitative estimate of drug-likeness (QED) is 0.842. The van der Waals surface area contributed by atoms with Crippen molar-refractivity contribution in [3.63, 3.8) is 0 Å². The number of rotatable bonds is 2. The molecule has 112 valence electrons. The average molecular weight is 305 g/mol. The van der Waals surface area contributed by atoms with Crippen LogP contribution >= 0.6 is 0 Å². The molecule has 4 nitrogen and oxygen atoms in total. The summed E-state index contributed by atoms with van der Waals surface area (Å²) in [5, 5.41) is 8.66. The number of aliphatic hydroxyl groups excluding tert-OH is 1. The van der Waals surface area contributed by atoms with Gasteiger partial charge in [-0.15, -0.1) is 0 Å². The highest BCUT2D eigenvalue weighted by molar-refractivity contribution is 7.89. The van der Waals surface area contributed by atoms with E-state index in [-0.39, 0.29) is 6.61 Å². The van der Waals surface area contributed by atoms with Crippen LogP contribution in [-0.4, -0.2) is 37.5 Å². The SMILES string of the molecule is O=S(=O)(c1ccc(C#CCO)cc1)N1CC2CCCC2C1. The van der Waals surface area contributed by atoms with Crippen LogP contribution < -0.4 is 0 Å². The third-order valence-electron chi connectivity index (χ3n) is 4.50. The smallest absolute Gasteiger partial charge is 0.243 e. The largest absolute Gasteiger partial charge is 0.384 e. The first kappa shape index (κ1) is 14.6. The molecule has 2 aliphatic rings. The zero-order chi connectivity index (χ0) is 14.9. The number of hydrogen-bond acceptors (Lipinski definition) is 3. The van der Waals surface area contributed by atoms with E-state index in [2.05, 4.69) is 11.8 Å². The van der Waals surface area contributed by atoms with E-state index in [1.54, 1.807) is 28.6 Å². The van der Waals surface area contributed by atoms with Crippen molar-refractivity contribution >= 4 is 10.0 Å². The fourth-order valence-electron chi connectivity index (χ4n) is 3.39. The monoisotopic (exact) mass is 305 g/mol. The molecule has 0 radical (unpaired) electrons. The predicted molar refractivity (Wildman–Crippen MR) is 80.0 cm³/mol. The van der Waals surface area contributed by atoms with E-state index in [0.29, 0.717) is 35.4 Å². The average Bonchev–Trinajstić information content (AvgIpc) is 3.07. The summed E-state index contributed by atoms with van der Waals surface area (Å²) < 4.78 is 26.9. The van der Waals surface area contributed by atoms with Gasteiger partial charge in [-0.25, -0.2) is 8.42 Å². The summed E-state index contributed by atoms with van der Waals surface area (Å²) >= 11 is 0. The molecule has 1 aromatic carbocycles. The summed E-state index contributed by atoms with van der Waals surface area (Å²) in [4.78, 5) is 0.331. The summed E-state index contributed by atoms with van der Waals surface area (Å²) in [6.07, 6.45) is 3.56. The molecule has 2 fully saturated rings. The lowest BCUT2D eigenvalue weighted by molar-refractivity contribution is 0.350. The molecule has 3 rings (SSSR count). The molecular formula is C16H19NO3S. The number of sulfonamides is 1. The normalized spacial score (nSPS) is 25.4. The van der Waals surface area contributed by atoms with E-state index < -0.39 is 10.0 Å². The van der Waals surface area contributed by atoms with Crippen LogP contribution in [0.25, 0.3) is 0 Å². The van der Waals surface area contributed by atoms with Gasteiger partial charge in [0.25, 0.3) is 0 Å². The molecule has 2 unspecified atom stereocenters. The molecule has 0 aromatic heterocycles. The fourth-order valence-corrected chi connectivity index (χ4v) is 4.94. The van der Waals surface area contributed by atoms with Gasteiger partial charge in [-0.05, 0) is 48.9 Å². The topological polar surface area (TPSA) is 57.6 Å². The Morgan fingerprint density at radius 2 is 1.76 bits per heavy atom. The number of nitrogens with zero attached hydrogens (tertiary/aromatic N) is 1. The van der Waals surface area contributed by atoms with Gasteiger partial charge in [0.05, 0.1) is 4.90 Å². The van der Waals surface area contributed by atoms with Crippen LogP contribution in [-0.2, 0) is 10.0 Å². The standard InChI is InChI=1S/C16H19NO3S/c18-10-2-3-13-6-8-16(9-7-13)21(19,20)17-11-14-4-1-5-15(14)12-17/h6-9,14-15,18H,1,4-5,10-12H2. The molecule has 0 spiro atoms. The van der Waals surface area contributed by atoms with E-state index >= 15 is 0 Å². The van der Waals surface area contributed by atoms with Crippen molar-refractivity contribution in [3.05, 3.63) is 29.8 Å². The number of benzene rings is 1. The maximum atomic E-state index is 12.6. The minimum Gasteiger partial charge on any atom is -0.384 e. The van der Waals surface area contributed by atoms with Crippen LogP contribution in [0.1, 0.15) is 24.8 Å².